The number of nitrogens with zero attached hydrogens (tertiary/aromatic N) is 2. The van der Waals surface area contributed by atoms with Gasteiger partial charge in [-0.1, -0.05) is 12.1 Å². The molecule has 134 valence electrons. The maximum Gasteiger partial charge on any atom is 0.251 e. The number of benzene rings is 2. The highest BCUT2D eigenvalue weighted by Crippen LogP contribution is 2.24. The second-order valence-electron chi connectivity index (χ2n) is 6.76. The highest BCUT2D eigenvalue weighted by atomic mass is 127. The highest BCUT2D eigenvalue weighted by molar-refractivity contribution is 14.1. The van der Waals surface area contributed by atoms with E-state index >= 15 is 0 Å². The lowest BCUT2D eigenvalue weighted by Crippen LogP contribution is -2.25. The van der Waals surface area contributed by atoms with Gasteiger partial charge in [0.25, 0.3) is 5.91 Å². The number of H-pyrrole nitrogens is 1. The quantitative estimate of drug-likeness (QED) is 0.354. The molecule has 1 saturated carbocycles. The van der Waals surface area contributed by atoms with Gasteiger partial charge in [-0.05, 0) is 65.8 Å². The molecule has 0 saturated heterocycles. The number of amides is 1. The Labute approximate surface area is 168 Å². The molecule has 0 unspecified atom stereocenters. The van der Waals surface area contributed by atoms with Gasteiger partial charge in [0.15, 0.2) is 5.78 Å². The van der Waals surface area contributed by atoms with Gasteiger partial charge in [0.2, 0.25) is 0 Å². The zero-order chi connectivity index (χ0) is 18.5. The van der Waals surface area contributed by atoms with Crippen LogP contribution in [-0.4, -0.2) is 32.3 Å². The Balaban J connectivity index is 1.57. The van der Waals surface area contributed by atoms with Crippen molar-refractivity contribution >= 4 is 51.0 Å². The van der Waals surface area contributed by atoms with E-state index in [9.17, 15) is 9.59 Å². The molecule has 0 bridgehead atoms. The molecule has 7 heteroatoms. The van der Waals surface area contributed by atoms with Crippen LogP contribution in [0.25, 0.3) is 16.7 Å². The number of aromatic nitrogens is 3. The smallest absolute Gasteiger partial charge is 0.251 e. The van der Waals surface area contributed by atoms with Crippen LogP contribution in [0.3, 0.4) is 0 Å². The monoisotopic (exact) mass is 470 g/mol. The van der Waals surface area contributed by atoms with Gasteiger partial charge in [0.1, 0.15) is 5.65 Å². The first-order chi connectivity index (χ1) is 13.1. The molecule has 0 aliphatic heterocycles. The maximum atomic E-state index is 12.9. The maximum absolute atomic E-state index is 12.9. The fourth-order valence-corrected chi connectivity index (χ4v) is 3.72. The van der Waals surface area contributed by atoms with Crippen molar-refractivity contribution in [3.63, 3.8) is 0 Å². The molecule has 1 aliphatic carbocycles. The SMILES string of the molecule is O=C(NC1CC1)c1ccc2[nH]c3c(C(=O)c4cccc(I)c4)cnn3c2c1. The Hall–Kier alpha value is -2.68. The molecule has 1 fully saturated rings. The number of hydrogen-bond acceptors (Lipinski definition) is 3. The first-order valence-electron chi connectivity index (χ1n) is 8.71. The number of hydrogen-bond donors (Lipinski definition) is 2. The molecule has 2 heterocycles. The Morgan fingerprint density at radius 3 is 2.78 bits per heavy atom. The number of ketones is 1. The number of imidazole rings is 1. The number of carbonyl (C=O) groups excluding carboxylic acids is 2. The molecule has 5 rings (SSSR count). The first kappa shape index (κ1) is 16.5. The summed E-state index contributed by atoms with van der Waals surface area (Å²) >= 11 is 2.19. The van der Waals surface area contributed by atoms with Gasteiger partial charge < -0.3 is 10.3 Å². The Bertz CT molecular complexity index is 1220. The minimum Gasteiger partial charge on any atom is -0.349 e. The molecule has 1 aliphatic rings. The molecule has 2 aromatic heterocycles. The van der Waals surface area contributed by atoms with Crippen LogP contribution < -0.4 is 5.32 Å². The molecule has 2 N–H and O–H groups in total. The molecule has 1 amide bonds. The first-order valence-corrected chi connectivity index (χ1v) is 9.78. The van der Waals surface area contributed by atoms with E-state index in [0.717, 1.165) is 27.4 Å². The summed E-state index contributed by atoms with van der Waals surface area (Å²) in [5.41, 5.74) is 3.97. The van der Waals surface area contributed by atoms with E-state index in [2.05, 4.69) is 38.0 Å². The lowest BCUT2D eigenvalue weighted by Gasteiger charge is -2.02. The third kappa shape index (κ3) is 2.91. The summed E-state index contributed by atoms with van der Waals surface area (Å²) in [6, 6.07) is 13.2. The Morgan fingerprint density at radius 1 is 1.15 bits per heavy atom. The normalized spacial score (nSPS) is 14.0. The predicted molar refractivity (Wildman–Crippen MR) is 110 cm³/mol. The fourth-order valence-electron chi connectivity index (χ4n) is 3.18. The topological polar surface area (TPSA) is 79.3 Å². The predicted octanol–water partition coefficient (Wildman–Crippen LogP) is 3.54. The third-order valence-electron chi connectivity index (χ3n) is 4.75. The van der Waals surface area contributed by atoms with Crippen LogP contribution in [0.15, 0.2) is 48.7 Å². The molecule has 0 atom stereocenters. The number of aromatic amines is 1. The number of nitrogens with one attached hydrogen (secondary N) is 2. The van der Waals surface area contributed by atoms with Crippen LogP contribution in [-0.2, 0) is 0 Å². The number of rotatable bonds is 4. The average Bonchev–Trinajstić information content (AvgIpc) is 3.26. The molecular weight excluding hydrogens is 455 g/mol. The summed E-state index contributed by atoms with van der Waals surface area (Å²) in [7, 11) is 0. The van der Waals surface area contributed by atoms with E-state index in [-0.39, 0.29) is 11.7 Å². The van der Waals surface area contributed by atoms with E-state index < -0.39 is 0 Å². The number of carbonyl (C=O) groups is 2. The van der Waals surface area contributed by atoms with E-state index in [1.165, 1.54) is 0 Å². The fraction of sp³-hybridized carbons (Fsp3) is 0.150. The minimum atomic E-state index is -0.0817. The Morgan fingerprint density at radius 2 is 2.00 bits per heavy atom. The second kappa shape index (κ2) is 6.19. The van der Waals surface area contributed by atoms with Crippen molar-refractivity contribution in [2.75, 3.05) is 0 Å². The van der Waals surface area contributed by atoms with Gasteiger partial charge >= 0.3 is 0 Å². The van der Waals surface area contributed by atoms with E-state index in [0.29, 0.717) is 28.4 Å². The van der Waals surface area contributed by atoms with Crippen molar-refractivity contribution in [2.45, 2.75) is 18.9 Å². The zero-order valence-electron chi connectivity index (χ0n) is 14.2. The summed E-state index contributed by atoms with van der Waals surface area (Å²) < 4.78 is 2.69. The van der Waals surface area contributed by atoms with Crippen molar-refractivity contribution in [1.82, 2.24) is 19.9 Å². The lowest BCUT2D eigenvalue weighted by molar-refractivity contribution is 0.0950. The van der Waals surface area contributed by atoms with Gasteiger partial charge in [0, 0.05) is 20.7 Å². The molecular formula is C20H15IN4O2. The third-order valence-corrected chi connectivity index (χ3v) is 5.43. The van der Waals surface area contributed by atoms with Crippen LogP contribution in [0.2, 0.25) is 0 Å². The van der Waals surface area contributed by atoms with Gasteiger partial charge in [-0.2, -0.15) is 5.10 Å². The number of fused-ring (bicyclic) bond motifs is 3. The van der Waals surface area contributed by atoms with Crippen molar-refractivity contribution in [3.05, 3.63) is 68.9 Å². The van der Waals surface area contributed by atoms with Crippen LogP contribution in [0, 0.1) is 3.57 Å². The number of halogens is 1. The van der Waals surface area contributed by atoms with Gasteiger partial charge in [-0.25, -0.2) is 4.52 Å². The van der Waals surface area contributed by atoms with Gasteiger partial charge in [0.05, 0.1) is 22.8 Å². The van der Waals surface area contributed by atoms with Crippen LogP contribution in [0.1, 0.15) is 39.1 Å². The highest BCUT2D eigenvalue weighted by Gasteiger charge is 2.24. The summed E-state index contributed by atoms with van der Waals surface area (Å²) in [6.07, 6.45) is 3.67. The molecule has 0 radical (unpaired) electrons. The molecule has 4 aromatic rings. The molecule has 0 spiro atoms. The summed E-state index contributed by atoms with van der Waals surface area (Å²) in [5, 5.41) is 7.37. The largest absolute Gasteiger partial charge is 0.349 e. The minimum absolute atomic E-state index is 0.0731. The second-order valence-corrected chi connectivity index (χ2v) is 8.01. The standard InChI is InChI=1S/C20H15IN4O2/c21-13-3-1-2-11(8-13)18(26)15-10-22-25-17-9-12(20(27)23-14-5-6-14)4-7-16(17)24-19(15)25/h1-4,7-10,14,24H,5-6H2,(H,23,27). The summed E-state index contributed by atoms with van der Waals surface area (Å²) in [6.45, 7) is 0. The van der Waals surface area contributed by atoms with Crippen LogP contribution >= 0.6 is 22.6 Å². The lowest BCUT2D eigenvalue weighted by atomic mass is 10.1. The zero-order valence-corrected chi connectivity index (χ0v) is 16.4. The average molecular weight is 470 g/mol. The van der Waals surface area contributed by atoms with Gasteiger partial charge in [-0.3, -0.25) is 9.59 Å². The summed E-state index contributed by atoms with van der Waals surface area (Å²) in [4.78, 5) is 28.5. The Kier molecular flexibility index (Phi) is 3.78. The van der Waals surface area contributed by atoms with Gasteiger partial charge in [-0.15, -0.1) is 0 Å². The molecule has 6 nitrogen and oxygen atoms in total. The summed E-state index contributed by atoms with van der Waals surface area (Å²) in [5.74, 6) is -0.155. The van der Waals surface area contributed by atoms with E-state index in [1.54, 1.807) is 22.8 Å². The van der Waals surface area contributed by atoms with Crippen molar-refractivity contribution in [1.29, 1.82) is 0 Å². The van der Waals surface area contributed by atoms with E-state index in [4.69, 9.17) is 0 Å². The molecule has 2 aromatic carbocycles. The van der Waals surface area contributed by atoms with Crippen molar-refractivity contribution in [2.24, 2.45) is 0 Å². The van der Waals surface area contributed by atoms with Crippen LogP contribution in [0.5, 0.6) is 0 Å². The van der Waals surface area contributed by atoms with E-state index in [1.807, 2.05) is 30.3 Å². The van der Waals surface area contributed by atoms with Crippen molar-refractivity contribution < 1.29 is 9.59 Å². The van der Waals surface area contributed by atoms with Crippen LogP contribution in [0.4, 0.5) is 0 Å². The van der Waals surface area contributed by atoms with Crippen molar-refractivity contribution in [3.8, 4) is 0 Å². The molecule has 27 heavy (non-hydrogen) atoms.